The lowest BCUT2D eigenvalue weighted by atomic mass is 10.1. The maximum atomic E-state index is 14.5. The summed E-state index contributed by atoms with van der Waals surface area (Å²) in [6.45, 7) is 0.745. The van der Waals surface area contributed by atoms with E-state index in [1.54, 1.807) is 6.07 Å². The molecule has 1 aromatic carbocycles. The fourth-order valence-electron chi connectivity index (χ4n) is 4.27. The van der Waals surface area contributed by atoms with Crippen molar-refractivity contribution in [1.82, 2.24) is 15.0 Å². The monoisotopic (exact) mass is 508 g/mol. The van der Waals surface area contributed by atoms with Gasteiger partial charge in [-0.2, -0.15) is 4.98 Å². The normalized spacial score (nSPS) is 25.7. The molecule has 1 saturated carbocycles. The zero-order chi connectivity index (χ0) is 24.1. The number of fused-ring (bicyclic) bond motifs is 2. The first-order chi connectivity index (χ1) is 16.9. The molecule has 4 atom stereocenters. The Hall–Kier alpha value is -2.73. The van der Waals surface area contributed by atoms with E-state index in [9.17, 15) is 13.9 Å². The number of benzene rings is 1. The van der Waals surface area contributed by atoms with Crippen LogP contribution >= 0.6 is 11.6 Å². The van der Waals surface area contributed by atoms with Crippen LogP contribution in [-0.4, -0.2) is 64.3 Å². The maximum absolute atomic E-state index is 14.5. The van der Waals surface area contributed by atoms with Crippen molar-refractivity contribution in [2.24, 2.45) is 5.92 Å². The molecule has 186 valence electrons. The van der Waals surface area contributed by atoms with Crippen molar-refractivity contribution < 1.29 is 32.8 Å². The van der Waals surface area contributed by atoms with Gasteiger partial charge in [-0.1, -0.05) is 11.6 Å². The number of ether oxygens (including phenoxy) is 4. The summed E-state index contributed by atoms with van der Waals surface area (Å²) in [7, 11) is 0. The van der Waals surface area contributed by atoms with Crippen LogP contribution in [0.25, 0.3) is 11.2 Å². The second-order valence-electron chi connectivity index (χ2n) is 9.02. The van der Waals surface area contributed by atoms with Crippen molar-refractivity contribution in [3.63, 3.8) is 0 Å². The molecule has 2 saturated heterocycles. The number of aromatic amines is 1. The third-order valence-corrected chi connectivity index (χ3v) is 6.67. The number of hydrogen-bond acceptors (Lipinski definition) is 8. The topological polar surface area (TPSA) is 111 Å². The number of aromatic nitrogens is 3. The van der Waals surface area contributed by atoms with Crippen LogP contribution in [0, 0.1) is 17.6 Å². The summed E-state index contributed by atoms with van der Waals surface area (Å²) in [5, 5.41) is 13.0. The van der Waals surface area contributed by atoms with Gasteiger partial charge in [-0.05, 0) is 24.8 Å². The largest absolute Gasteiger partial charge is 0.493 e. The van der Waals surface area contributed by atoms with E-state index >= 15 is 0 Å². The molecule has 3 fully saturated rings. The molecule has 4 heterocycles. The predicted octanol–water partition coefficient (Wildman–Crippen LogP) is 3.20. The van der Waals surface area contributed by atoms with Gasteiger partial charge in [-0.25, -0.2) is 13.8 Å². The Morgan fingerprint density at radius 2 is 1.89 bits per heavy atom. The summed E-state index contributed by atoms with van der Waals surface area (Å²) in [5.41, 5.74) is 0.676. The van der Waals surface area contributed by atoms with Crippen LogP contribution in [0.4, 0.5) is 14.6 Å². The van der Waals surface area contributed by atoms with Crippen LogP contribution in [0.1, 0.15) is 18.4 Å². The smallest absolute Gasteiger partial charge is 0.296 e. The van der Waals surface area contributed by atoms with Crippen LogP contribution in [0.15, 0.2) is 18.2 Å². The molecule has 3 N–H and O–H groups in total. The van der Waals surface area contributed by atoms with E-state index in [-0.39, 0.29) is 54.0 Å². The molecule has 0 amide bonds. The Morgan fingerprint density at radius 3 is 2.66 bits per heavy atom. The first-order valence-corrected chi connectivity index (χ1v) is 11.8. The van der Waals surface area contributed by atoms with E-state index in [0.717, 1.165) is 12.8 Å². The third-order valence-electron chi connectivity index (χ3n) is 6.38. The lowest BCUT2D eigenvalue weighted by molar-refractivity contribution is 0.00706. The molecule has 9 nitrogen and oxygen atoms in total. The van der Waals surface area contributed by atoms with Crippen molar-refractivity contribution in [3.8, 4) is 11.8 Å². The number of pyridine rings is 1. The molecule has 3 aliphatic rings. The van der Waals surface area contributed by atoms with Gasteiger partial charge in [-0.15, -0.1) is 0 Å². The number of aliphatic hydroxyl groups excluding tert-OH is 1. The molecular formula is C23H23ClF2N4O5. The predicted molar refractivity (Wildman–Crippen MR) is 121 cm³/mol. The Bertz CT molecular complexity index is 1230. The molecule has 0 unspecified atom stereocenters. The highest BCUT2D eigenvalue weighted by molar-refractivity contribution is 6.33. The van der Waals surface area contributed by atoms with Gasteiger partial charge in [0, 0.05) is 24.2 Å². The first kappa shape index (κ1) is 22.7. The molecule has 2 aliphatic heterocycles. The lowest BCUT2D eigenvalue weighted by Crippen LogP contribution is -2.34. The molecule has 3 aromatic rings. The average Bonchev–Trinajstić information content (AvgIpc) is 3.28. The second kappa shape index (κ2) is 9.05. The van der Waals surface area contributed by atoms with Crippen molar-refractivity contribution in [2.75, 3.05) is 25.1 Å². The highest BCUT2D eigenvalue weighted by atomic mass is 35.5. The zero-order valence-electron chi connectivity index (χ0n) is 18.5. The molecule has 0 bridgehead atoms. The molecule has 35 heavy (non-hydrogen) atoms. The molecule has 2 aromatic heterocycles. The van der Waals surface area contributed by atoms with E-state index in [4.69, 9.17) is 30.5 Å². The maximum Gasteiger partial charge on any atom is 0.296 e. The lowest BCUT2D eigenvalue weighted by Gasteiger charge is -2.15. The van der Waals surface area contributed by atoms with Gasteiger partial charge in [0.25, 0.3) is 6.01 Å². The number of imidazole rings is 1. The molecule has 0 spiro atoms. The minimum Gasteiger partial charge on any atom is -0.493 e. The van der Waals surface area contributed by atoms with Crippen LogP contribution < -0.4 is 14.8 Å². The Morgan fingerprint density at radius 1 is 1.11 bits per heavy atom. The van der Waals surface area contributed by atoms with E-state index in [1.807, 2.05) is 0 Å². The van der Waals surface area contributed by atoms with Gasteiger partial charge in [-0.3, -0.25) is 0 Å². The van der Waals surface area contributed by atoms with Crippen molar-refractivity contribution in [1.29, 1.82) is 0 Å². The molecule has 6 rings (SSSR count). The number of anilines is 1. The van der Waals surface area contributed by atoms with E-state index in [2.05, 4.69) is 20.3 Å². The van der Waals surface area contributed by atoms with Crippen molar-refractivity contribution in [2.45, 2.75) is 43.8 Å². The van der Waals surface area contributed by atoms with E-state index in [1.165, 1.54) is 12.1 Å². The minimum atomic E-state index is -0.715. The van der Waals surface area contributed by atoms with Crippen LogP contribution in [-0.2, 0) is 16.0 Å². The Kier molecular flexibility index (Phi) is 5.87. The van der Waals surface area contributed by atoms with Crippen LogP contribution in [0.3, 0.4) is 0 Å². The highest BCUT2D eigenvalue weighted by Gasteiger charge is 2.48. The second-order valence-corrected chi connectivity index (χ2v) is 9.43. The molecular weight excluding hydrogens is 486 g/mol. The van der Waals surface area contributed by atoms with Gasteiger partial charge in [0.2, 0.25) is 0 Å². The summed E-state index contributed by atoms with van der Waals surface area (Å²) in [6, 6.07) is 4.15. The Labute approximate surface area is 203 Å². The number of halogens is 3. The van der Waals surface area contributed by atoms with Gasteiger partial charge >= 0.3 is 0 Å². The number of aliphatic hydroxyl groups is 1. The molecule has 12 heteroatoms. The summed E-state index contributed by atoms with van der Waals surface area (Å²) in [4.78, 5) is 11.7. The summed E-state index contributed by atoms with van der Waals surface area (Å²) < 4.78 is 51.5. The zero-order valence-corrected chi connectivity index (χ0v) is 19.2. The number of hydrogen-bond donors (Lipinski definition) is 3. The van der Waals surface area contributed by atoms with Gasteiger partial charge < -0.3 is 34.4 Å². The number of nitrogens with one attached hydrogen (secondary N) is 2. The fourth-order valence-corrected chi connectivity index (χ4v) is 4.48. The van der Waals surface area contributed by atoms with Crippen LogP contribution in [0.5, 0.6) is 11.8 Å². The Balaban J connectivity index is 1.14. The van der Waals surface area contributed by atoms with Crippen molar-refractivity contribution >= 4 is 28.6 Å². The number of rotatable bonds is 8. The van der Waals surface area contributed by atoms with Gasteiger partial charge in [0.1, 0.15) is 41.5 Å². The molecule has 1 aliphatic carbocycles. The summed E-state index contributed by atoms with van der Waals surface area (Å²) in [5.74, 6) is -0.559. The quantitative estimate of drug-likeness (QED) is 0.425. The SMILES string of the molecule is O[C@@H]1CO[C@H]2[C@@H]1OC[C@H]2Oc1nc2nc(NCc3c(F)cc(OCC4CC4)cc3F)c(Cl)cc2[nH]1. The summed E-state index contributed by atoms with van der Waals surface area (Å²) in [6.07, 6.45) is 0.244. The van der Waals surface area contributed by atoms with Crippen LogP contribution in [0.2, 0.25) is 5.02 Å². The standard InChI is InChI=1S/C23H23ClF2N4O5/c24-13-5-16-22(30-23(28-16)35-18-9-34-19-17(31)8-33-20(18)19)29-21(13)27-6-12-14(25)3-11(4-15(12)26)32-7-10-1-2-10/h3-5,10,17-20,31H,1-2,6-9H2,(H2,27,28,29,30)/t17-,18-,19-,20-/m1/s1. The van der Waals surface area contributed by atoms with E-state index < -0.39 is 29.9 Å². The third kappa shape index (κ3) is 4.61. The average molecular weight is 509 g/mol. The highest BCUT2D eigenvalue weighted by Crippen LogP contribution is 2.32. The minimum absolute atomic E-state index is 0.151. The first-order valence-electron chi connectivity index (χ1n) is 11.4. The van der Waals surface area contributed by atoms with E-state index in [0.29, 0.717) is 23.7 Å². The molecule has 0 radical (unpaired) electrons. The number of nitrogens with zero attached hydrogens (tertiary/aromatic N) is 2. The fraction of sp³-hybridized carbons (Fsp3) is 0.478. The van der Waals surface area contributed by atoms with Crippen molar-refractivity contribution in [3.05, 3.63) is 40.4 Å². The summed E-state index contributed by atoms with van der Waals surface area (Å²) >= 11 is 6.33. The van der Waals surface area contributed by atoms with Gasteiger partial charge in [0.15, 0.2) is 11.8 Å². The number of H-pyrrole nitrogens is 1. The van der Waals surface area contributed by atoms with Gasteiger partial charge in [0.05, 0.1) is 30.4 Å².